The predicted octanol–water partition coefficient (Wildman–Crippen LogP) is -0.476. The number of alkyl halides is 3. The molecule has 0 aliphatic carbocycles. The second-order valence-corrected chi connectivity index (χ2v) is 10.3. The number of aliphatic hydroxyl groups is 5. The smallest absolute Gasteiger partial charge is 0.417 e. The van der Waals surface area contributed by atoms with E-state index in [2.05, 4.69) is 19.2 Å². The number of ether oxygens (including phenoxy) is 5. The molecule has 1 aliphatic rings. The maximum absolute atomic E-state index is 12.9. The van der Waals surface area contributed by atoms with Gasteiger partial charge in [0.15, 0.2) is 0 Å². The van der Waals surface area contributed by atoms with Crippen LogP contribution in [0.25, 0.3) is 0 Å². The van der Waals surface area contributed by atoms with Crippen molar-refractivity contribution in [1.29, 1.82) is 0 Å². The molecule has 1 aromatic rings. The highest BCUT2D eigenvalue weighted by molar-refractivity contribution is 8.77. The van der Waals surface area contributed by atoms with Crippen LogP contribution in [0.3, 0.4) is 0 Å². The molecular formula is C20H22F3NO14S2. The monoisotopic (exact) mass is 621 g/mol. The summed E-state index contributed by atoms with van der Waals surface area (Å²) in [7, 11) is -0.0304. The molecule has 20 heteroatoms. The van der Waals surface area contributed by atoms with Crippen LogP contribution in [0.5, 0.6) is 0 Å². The number of pyridine rings is 1. The van der Waals surface area contributed by atoms with E-state index in [4.69, 9.17) is 9.47 Å². The largest absolute Gasteiger partial charge is 0.423 e. The summed E-state index contributed by atoms with van der Waals surface area (Å²) in [4.78, 5) is 51.3. The van der Waals surface area contributed by atoms with E-state index in [-0.39, 0.29) is 26.6 Å². The lowest BCUT2D eigenvalue weighted by atomic mass is 9.84. The fourth-order valence-corrected chi connectivity index (χ4v) is 5.58. The molecule has 40 heavy (non-hydrogen) atoms. The molecule has 0 radical (unpaired) electrons. The molecule has 2 heterocycles. The first-order valence-corrected chi connectivity index (χ1v) is 12.6. The predicted molar refractivity (Wildman–Crippen MR) is 120 cm³/mol. The van der Waals surface area contributed by atoms with Gasteiger partial charge in [-0.15, -0.1) is 0 Å². The average Bonchev–Trinajstić information content (AvgIpc) is 2.79. The molecule has 5 N–H and O–H groups in total. The van der Waals surface area contributed by atoms with Gasteiger partial charge in [0.2, 0.25) is 0 Å². The third-order valence-corrected chi connectivity index (χ3v) is 7.38. The van der Waals surface area contributed by atoms with Crippen molar-refractivity contribution in [3.8, 4) is 0 Å². The summed E-state index contributed by atoms with van der Waals surface area (Å²) in [5.41, 5.74) is -1.17. The lowest BCUT2D eigenvalue weighted by Crippen LogP contribution is -2.90. The number of carbonyl (C=O) groups excluding carboxylic acids is 4. The summed E-state index contributed by atoms with van der Waals surface area (Å²) < 4.78 is 62.3. The van der Waals surface area contributed by atoms with Crippen LogP contribution < -0.4 is 0 Å². The average molecular weight is 622 g/mol. The van der Waals surface area contributed by atoms with E-state index in [0.29, 0.717) is 40.0 Å². The number of hydrogen-bond donors (Lipinski definition) is 5. The van der Waals surface area contributed by atoms with Gasteiger partial charge < -0.3 is 44.5 Å². The molecule has 5 atom stereocenters. The summed E-state index contributed by atoms with van der Waals surface area (Å²) in [6.45, 7) is 0.582. The fraction of sp³-hybridized carbons (Fsp3) is 0.550. The van der Waals surface area contributed by atoms with E-state index in [1.165, 1.54) is 0 Å². The number of aliphatic hydroxyl groups excluding tert-OH is 1. The number of hydrogen-bond acceptors (Lipinski definition) is 17. The van der Waals surface area contributed by atoms with Crippen LogP contribution in [0, 0.1) is 0 Å². The topological polar surface area (TPSA) is 228 Å². The molecule has 1 aliphatic heterocycles. The fourth-order valence-electron chi connectivity index (χ4n) is 3.37. The standard InChI is InChI=1S/C20H22F3NO14S2/c1-9(26)34-15(8-25)17(30,35-10(2)27)18(31,36-11(3)28)19(32,37-12(4)29)20(33,38-15)40-39-14-6-5-13(7-24-14)16(21,22)23/h5-7,25,30-33H,8H2,1-4H3/t15-,17-,18+,19-,20+/m1/s1. The molecular weight excluding hydrogens is 599 g/mol. The van der Waals surface area contributed by atoms with Gasteiger partial charge in [-0.1, -0.05) is 0 Å². The Hall–Kier alpha value is -2.72. The second kappa shape index (κ2) is 11.3. The van der Waals surface area contributed by atoms with Crippen LogP contribution in [0.4, 0.5) is 13.2 Å². The maximum Gasteiger partial charge on any atom is 0.417 e. The quantitative estimate of drug-likeness (QED) is 0.107. The molecule has 1 saturated heterocycles. The first-order valence-electron chi connectivity index (χ1n) is 10.5. The van der Waals surface area contributed by atoms with Crippen LogP contribution in [-0.4, -0.2) is 89.3 Å². The summed E-state index contributed by atoms with van der Waals surface area (Å²) >= 11 is 0. The molecule has 0 unspecified atom stereocenters. The third kappa shape index (κ3) is 5.84. The van der Waals surface area contributed by atoms with E-state index >= 15 is 0 Å². The van der Waals surface area contributed by atoms with E-state index in [9.17, 15) is 57.9 Å². The lowest BCUT2D eigenvalue weighted by Gasteiger charge is -2.60. The van der Waals surface area contributed by atoms with Crippen LogP contribution in [0.1, 0.15) is 33.3 Å². The van der Waals surface area contributed by atoms with Crippen molar-refractivity contribution in [2.75, 3.05) is 6.61 Å². The van der Waals surface area contributed by atoms with Crippen molar-refractivity contribution < 1.29 is 81.6 Å². The SMILES string of the molecule is CC(=O)O[C@]1(CO)O[C@](O)(SSc2ccc(C(F)(F)F)cn2)[C@](O)(OC(C)=O)[C@@](O)(OC(C)=O)[C@]1(O)OC(C)=O. The Kier molecular flexibility index (Phi) is 9.44. The molecule has 2 rings (SSSR count). The second-order valence-electron chi connectivity index (χ2n) is 7.95. The summed E-state index contributed by atoms with van der Waals surface area (Å²) in [5.74, 6) is -22.7. The number of rotatable bonds is 8. The Bertz CT molecular complexity index is 1170. The highest BCUT2D eigenvalue weighted by Crippen LogP contribution is 2.61. The zero-order chi connectivity index (χ0) is 30.9. The number of esters is 4. The van der Waals surface area contributed by atoms with Gasteiger partial charge in [0.1, 0.15) is 11.6 Å². The highest BCUT2D eigenvalue weighted by atomic mass is 33.1. The Morgan fingerprint density at radius 1 is 0.850 bits per heavy atom. The first-order chi connectivity index (χ1) is 18.1. The molecule has 0 saturated carbocycles. The van der Waals surface area contributed by atoms with Crippen LogP contribution >= 0.6 is 21.6 Å². The van der Waals surface area contributed by atoms with Crippen LogP contribution in [-0.2, 0) is 49.0 Å². The zero-order valence-corrected chi connectivity index (χ0v) is 22.4. The lowest BCUT2D eigenvalue weighted by molar-refractivity contribution is -0.583. The molecule has 1 aromatic heterocycles. The van der Waals surface area contributed by atoms with E-state index in [1.54, 1.807) is 0 Å². The number of aromatic nitrogens is 1. The first kappa shape index (κ1) is 33.5. The van der Waals surface area contributed by atoms with Crippen molar-refractivity contribution in [3.05, 3.63) is 23.9 Å². The molecule has 0 bridgehead atoms. The normalized spacial score (nSPS) is 32.1. The van der Waals surface area contributed by atoms with E-state index in [0.717, 1.165) is 6.07 Å². The Morgan fingerprint density at radius 2 is 1.32 bits per heavy atom. The Morgan fingerprint density at radius 3 is 1.73 bits per heavy atom. The number of halogens is 3. The van der Waals surface area contributed by atoms with Gasteiger partial charge in [-0.25, -0.2) is 4.98 Å². The zero-order valence-electron chi connectivity index (χ0n) is 20.7. The third-order valence-electron chi connectivity index (χ3n) is 4.86. The van der Waals surface area contributed by atoms with Gasteiger partial charge in [0.05, 0.1) is 5.56 Å². The van der Waals surface area contributed by atoms with Crippen molar-refractivity contribution >= 4 is 45.5 Å². The van der Waals surface area contributed by atoms with Gasteiger partial charge in [-0.3, -0.25) is 23.9 Å². The van der Waals surface area contributed by atoms with Crippen molar-refractivity contribution in [1.82, 2.24) is 4.98 Å². The number of nitrogens with zero attached hydrogens (tertiary/aromatic N) is 1. The Balaban J connectivity index is 2.83. The highest BCUT2D eigenvalue weighted by Gasteiger charge is 2.91. The van der Waals surface area contributed by atoms with Gasteiger partial charge in [-0.05, 0) is 33.7 Å². The molecule has 15 nitrogen and oxygen atoms in total. The van der Waals surface area contributed by atoms with Gasteiger partial charge >= 0.3 is 58.3 Å². The van der Waals surface area contributed by atoms with Gasteiger partial charge in [0, 0.05) is 33.9 Å². The maximum atomic E-state index is 12.9. The Labute approximate surface area is 229 Å². The molecule has 1 fully saturated rings. The van der Waals surface area contributed by atoms with Crippen molar-refractivity contribution in [2.45, 2.75) is 67.2 Å². The number of carbonyl (C=O) groups is 4. The molecule has 224 valence electrons. The molecule has 0 aromatic carbocycles. The molecule has 0 amide bonds. The van der Waals surface area contributed by atoms with Crippen molar-refractivity contribution in [3.63, 3.8) is 0 Å². The van der Waals surface area contributed by atoms with Gasteiger partial charge in [-0.2, -0.15) is 13.2 Å². The van der Waals surface area contributed by atoms with Crippen molar-refractivity contribution in [2.24, 2.45) is 0 Å². The van der Waals surface area contributed by atoms with Crippen LogP contribution in [0.15, 0.2) is 23.4 Å². The van der Waals surface area contributed by atoms with Crippen LogP contribution in [0.2, 0.25) is 0 Å². The molecule has 0 spiro atoms. The van der Waals surface area contributed by atoms with E-state index in [1.807, 2.05) is 0 Å². The van der Waals surface area contributed by atoms with E-state index < -0.39 is 70.5 Å². The summed E-state index contributed by atoms with van der Waals surface area (Å²) in [6.07, 6.45) is -4.38. The summed E-state index contributed by atoms with van der Waals surface area (Å²) in [5, 5.41) is 51.8. The minimum absolute atomic E-state index is 0.187. The minimum atomic E-state index is -4.77. The summed E-state index contributed by atoms with van der Waals surface area (Å²) in [6, 6.07) is 1.36. The minimum Gasteiger partial charge on any atom is -0.423 e. The van der Waals surface area contributed by atoms with Gasteiger partial charge in [0.25, 0.3) is 0 Å².